The van der Waals surface area contributed by atoms with Crippen LogP contribution < -0.4 is 0 Å². The lowest BCUT2D eigenvalue weighted by molar-refractivity contribution is -0.440. The van der Waals surface area contributed by atoms with E-state index in [9.17, 15) is 48.3 Å². The van der Waals surface area contributed by atoms with Crippen LogP contribution >= 0.6 is 0 Å². The first-order valence-electron chi connectivity index (χ1n) is 4.21. The second kappa shape index (κ2) is 4.35. The Hall–Kier alpha value is -0.810. The molecule has 0 aromatic heterocycles. The van der Waals surface area contributed by atoms with E-state index in [2.05, 4.69) is 0 Å². The van der Waals surface area contributed by atoms with Crippen molar-refractivity contribution in [1.29, 1.82) is 0 Å². The summed E-state index contributed by atoms with van der Waals surface area (Å²) in [7, 11) is 0. The fraction of sp³-hybridized carbons (Fsp3) is 1.00. The van der Waals surface area contributed by atoms with Gasteiger partial charge in [0.25, 0.3) is 0 Å². The molecule has 0 spiro atoms. The summed E-state index contributed by atoms with van der Waals surface area (Å²) in [5.41, 5.74) is -6.80. The Morgan fingerprint density at radius 3 is 1.11 bits per heavy atom. The normalized spacial score (nSPS) is 17.5. The monoisotopic (exact) mass is 314 g/mol. The minimum atomic E-state index is -7.05. The Morgan fingerprint density at radius 2 is 0.947 bits per heavy atom. The molecule has 0 aliphatic carbocycles. The Bertz CT molecular complexity index is 307. The Kier molecular flexibility index (Phi) is 4.16. The molecule has 116 valence electrons. The summed E-state index contributed by atoms with van der Waals surface area (Å²) in [5, 5.41) is 8.25. The van der Waals surface area contributed by atoms with E-state index in [0.717, 1.165) is 0 Å². The van der Waals surface area contributed by atoms with Crippen molar-refractivity contribution in [2.45, 2.75) is 37.0 Å². The number of alkyl halides is 11. The van der Waals surface area contributed by atoms with Crippen molar-refractivity contribution in [3.63, 3.8) is 0 Å². The molecule has 19 heavy (non-hydrogen) atoms. The van der Waals surface area contributed by atoms with Gasteiger partial charge in [-0.2, -0.15) is 39.5 Å². The molecule has 0 unspecified atom stereocenters. The molecular weight excluding hydrogens is 309 g/mol. The summed E-state index contributed by atoms with van der Waals surface area (Å²) >= 11 is 0. The van der Waals surface area contributed by atoms with Crippen LogP contribution in [-0.4, -0.2) is 35.2 Å². The lowest BCUT2D eigenvalue weighted by Crippen LogP contribution is -2.70. The summed E-state index contributed by atoms with van der Waals surface area (Å²) in [5.74, 6) is -10.9. The summed E-state index contributed by atoms with van der Waals surface area (Å²) in [6.07, 6.45) is -20.2. The maximum Gasteiger partial charge on any atom is 0.432 e. The molecular formula is C7H5F11O. The van der Waals surface area contributed by atoms with Gasteiger partial charge in [-0.15, -0.1) is 0 Å². The first-order chi connectivity index (χ1) is 7.90. The zero-order valence-corrected chi connectivity index (χ0v) is 8.68. The first-order valence-corrected chi connectivity index (χ1v) is 4.21. The van der Waals surface area contributed by atoms with Crippen LogP contribution in [-0.2, 0) is 0 Å². The lowest BCUT2D eigenvalue weighted by atomic mass is 9.84. The van der Waals surface area contributed by atoms with Crippen LogP contribution in [0.1, 0.15) is 6.92 Å². The number of rotatable bonds is 2. The van der Waals surface area contributed by atoms with Gasteiger partial charge in [-0.25, -0.2) is 8.78 Å². The van der Waals surface area contributed by atoms with E-state index in [4.69, 9.17) is 5.11 Å². The topological polar surface area (TPSA) is 20.2 Å². The summed E-state index contributed by atoms with van der Waals surface area (Å²) in [6, 6.07) is 0. The highest BCUT2D eigenvalue weighted by Crippen LogP contribution is 2.56. The minimum Gasteiger partial charge on any atom is -0.369 e. The molecule has 0 aliphatic heterocycles. The molecule has 0 saturated heterocycles. The molecule has 0 heterocycles. The van der Waals surface area contributed by atoms with Gasteiger partial charge in [0.15, 0.2) is 0 Å². The quantitative estimate of drug-likeness (QED) is 0.771. The van der Waals surface area contributed by atoms with Gasteiger partial charge >= 0.3 is 30.1 Å². The molecule has 0 aliphatic rings. The van der Waals surface area contributed by atoms with E-state index >= 15 is 0 Å². The average molecular weight is 314 g/mol. The molecule has 0 rings (SSSR count). The molecule has 12 heteroatoms. The molecule has 1 atom stereocenters. The fourth-order valence-electron chi connectivity index (χ4n) is 1.06. The van der Waals surface area contributed by atoms with Crippen molar-refractivity contribution in [1.82, 2.24) is 0 Å². The smallest absolute Gasteiger partial charge is 0.369 e. The molecule has 1 nitrogen and oxygen atoms in total. The van der Waals surface area contributed by atoms with Crippen molar-refractivity contribution in [2.75, 3.05) is 0 Å². The summed E-state index contributed by atoms with van der Waals surface area (Å²) in [4.78, 5) is 0. The van der Waals surface area contributed by atoms with Gasteiger partial charge in [0.1, 0.15) is 5.92 Å². The maximum atomic E-state index is 12.9. The Labute approximate surface area is 97.5 Å². The second-order valence-electron chi connectivity index (χ2n) is 3.59. The van der Waals surface area contributed by atoms with Gasteiger partial charge < -0.3 is 5.11 Å². The number of hydrogen-bond acceptors (Lipinski definition) is 1. The second-order valence-corrected chi connectivity index (χ2v) is 3.59. The third-order valence-corrected chi connectivity index (χ3v) is 2.34. The maximum absolute atomic E-state index is 12.9. The van der Waals surface area contributed by atoms with Crippen LogP contribution in [0.2, 0.25) is 0 Å². The lowest BCUT2D eigenvalue weighted by Gasteiger charge is -2.41. The zero-order chi connectivity index (χ0) is 16.1. The van der Waals surface area contributed by atoms with Crippen molar-refractivity contribution < 1.29 is 53.4 Å². The highest BCUT2D eigenvalue weighted by molar-refractivity contribution is 5.07. The Balaban J connectivity index is 6.06. The van der Waals surface area contributed by atoms with Crippen molar-refractivity contribution in [3.05, 3.63) is 0 Å². The van der Waals surface area contributed by atoms with Crippen molar-refractivity contribution >= 4 is 0 Å². The molecule has 0 fully saturated rings. The zero-order valence-electron chi connectivity index (χ0n) is 8.68. The number of aliphatic hydroxyl groups is 1. The van der Waals surface area contributed by atoms with Gasteiger partial charge in [-0.3, -0.25) is 0 Å². The molecule has 0 amide bonds. The standard InChI is InChI=1S/C7H5F11O/c1-2(4(10,11)12)3(8,9)5(19,6(13,14)15)7(16,17)18/h2,19H,1H3/t2-/m1/s1. The number of hydrogen-bond donors (Lipinski definition) is 1. The molecule has 0 aromatic rings. The summed E-state index contributed by atoms with van der Waals surface area (Å²) in [6.45, 7) is -0.595. The van der Waals surface area contributed by atoms with Crippen molar-refractivity contribution in [2.24, 2.45) is 5.92 Å². The van der Waals surface area contributed by atoms with Gasteiger partial charge in [0.05, 0.1) is 0 Å². The van der Waals surface area contributed by atoms with Gasteiger partial charge in [0.2, 0.25) is 0 Å². The van der Waals surface area contributed by atoms with E-state index in [1.165, 1.54) is 0 Å². The van der Waals surface area contributed by atoms with Crippen LogP contribution in [0.3, 0.4) is 0 Å². The van der Waals surface area contributed by atoms with Crippen LogP contribution in [0.25, 0.3) is 0 Å². The molecule has 0 bridgehead atoms. The third kappa shape index (κ3) is 2.72. The van der Waals surface area contributed by atoms with Crippen LogP contribution in [0, 0.1) is 5.92 Å². The van der Waals surface area contributed by atoms with Gasteiger partial charge in [-0.05, 0) is 6.92 Å². The number of halogens is 11. The van der Waals surface area contributed by atoms with Crippen LogP contribution in [0.15, 0.2) is 0 Å². The van der Waals surface area contributed by atoms with Gasteiger partial charge in [0, 0.05) is 0 Å². The SMILES string of the molecule is C[C@@H](C(F)(F)F)C(F)(F)C(O)(C(F)(F)F)C(F)(F)F. The van der Waals surface area contributed by atoms with E-state index in [-0.39, 0.29) is 0 Å². The average Bonchev–Trinajstić information content (AvgIpc) is 2.09. The highest BCUT2D eigenvalue weighted by Gasteiger charge is 2.85. The largest absolute Gasteiger partial charge is 0.432 e. The predicted molar refractivity (Wildman–Crippen MR) is 37.2 cm³/mol. The van der Waals surface area contributed by atoms with Crippen molar-refractivity contribution in [3.8, 4) is 0 Å². The fourth-order valence-corrected chi connectivity index (χ4v) is 1.06. The third-order valence-electron chi connectivity index (χ3n) is 2.34. The van der Waals surface area contributed by atoms with Crippen LogP contribution in [0.5, 0.6) is 0 Å². The molecule has 0 aromatic carbocycles. The van der Waals surface area contributed by atoms with Gasteiger partial charge in [-0.1, -0.05) is 0 Å². The van der Waals surface area contributed by atoms with Crippen LogP contribution in [0.4, 0.5) is 48.3 Å². The van der Waals surface area contributed by atoms with E-state index < -0.39 is 42.9 Å². The summed E-state index contributed by atoms with van der Waals surface area (Å²) < 4.78 is 134. The first kappa shape index (κ1) is 18.2. The minimum absolute atomic E-state index is 0.595. The predicted octanol–water partition coefficient (Wildman–Crippen LogP) is 3.68. The highest BCUT2D eigenvalue weighted by atomic mass is 19.4. The molecule has 0 saturated carbocycles. The van der Waals surface area contributed by atoms with E-state index in [1.54, 1.807) is 0 Å². The van der Waals surface area contributed by atoms with E-state index in [1.807, 2.05) is 0 Å². The van der Waals surface area contributed by atoms with E-state index in [0.29, 0.717) is 0 Å². The molecule has 1 N–H and O–H groups in total. The Morgan fingerprint density at radius 1 is 0.684 bits per heavy atom. The molecule has 0 radical (unpaired) electrons.